The summed E-state index contributed by atoms with van der Waals surface area (Å²) in [5.74, 6) is -0.373. The number of hydrogen-bond donors (Lipinski definition) is 1. The normalized spacial score (nSPS) is 30.0. The van der Waals surface area contributed by atoms with Crippen LogP contribution in [0.3, 0.4) is 0 Å². The van der Waals surface area contributed by atoms with Gasteiger partial charge in [-0.05, 0) is 83.0 Å². The van der Waals surface area contributed by atoms with Crippen molar-refractivity contribution in [2.75, 3.05) is 11.9 Å². The van der Waals surface area contributed by atoms with Crippen molar-refractivity contribution in [2.24, 2.45) is 23.7 Å². The summed E-state index contributed by atoms with van der Waals surface area (Å²) < 4.78 is 1.07. The Kier molecular flexibility index (Phi) is 4.69. The van der Waals surface area contributed by atoms with Crippen molar-refractivity contribution >= 4 is 46.0 Å². The van der Waals surface area contributed by atoms with E-state index >= 15 is 0 Å². The van der Waals surface area contributed by atoms with Gasteiger partial charge in [0.15, 0.2) is 0 Å². The Morgan fingerprint density at radius 3 is 2.38 bits per heavy atom. The minimum absolute atomic E-state index is 0.156. The number of rotatable bonds is 4. The molecule has 5 rings (SSSR count). The SMILES string of the molecule is O=C(CN1C(=O)[C@@H]2[C@@H]3C[C@@H]([C@@H]2C1=O)[C@@H](c1ccccc1)C3)Nc1ccc(I)cc1. The van der Waals surface area contributed by atoms with Crippen molar-refractivity contribution in [1.29, 1.82) is 0 Å². The van der Waals surface area contributed by atoms with E-state index in [-0.39, 0.29) is 47.9 Å². The number of amides is 3. The first-order valence-electron chi connectivity index (χ1n) is 9.98. The van der Waals surface area contributed by atoms with Gasteiger partial charge in [0.1, 0.15) is 6.54 Å². The molecule has 2 aromatic carbocycles. The Bertz CT molecular complexity index is 975. The average Bonchev–Trinajstić information content (AvgIpc) is 3.38. The molecule has 1 saturated heterocycles. The highest BCUT2D eigenvalue weighted by atomic mass is 127. The highest BCUT2D eigenvalue weighted by Gasteiger charge is 2.63. The summed E-state index contributed by atoms with van der Waals surface area (Å²) in [6.07, 6.45) is 1.90. The molecule has 2 aromatic rings. The number of benzene rings is 2. The van der Waals surface area contributed by atoms with E-state index in [0.717, 1.165) is 16.4 Å². The van der Waals surface area contributed by atoms with Crippen LogP contribution >= 0.6 is 22.6 Å². The summed E-state index contributed by atoms with van der Waals surface area (Å²) in [5.41, 5.74) is 1.92. The first kappa shape index (κ1) is 18.8. The molecule has 6 heteroatoms. The predicted molar refractivity (Wildman–Crippen MR) is 117 cm³/mol. The van der Waals surface area contributed by atoms with E-state index in [1.54, 1.807) is 0 Å². The molecule has 1 N–H and O–H groups in total. The minimum atomic E-state index is -0.333. The smallest absolute Gasteiger partial charge is 0.244 e. The van der Waals surface area contributed by atoms with Crippen LogP contribution in [0.4, 0.5) is 5.69 Å². The Morgan fingerprint density at radius 1 is 0.966 bits per heavy atom. The molecule has 0 unspecified atom stereocenters. The van der Waals surface area contributed by atoms with Gasteiger partial charge in [-0.1, -0.05) is 30.3 Å². The molecular weight excluding hydrogens is 479 g/mol. The van der Waals surface area contributed by atoms with Crippen molar-refractivity contribution in [1.82, 2.24) is 4.90 Å². The fourth-order valence-corrected chi connectivity index (χ4v) is 6.00. The molecule has 0 aromatic heterocycles. The quantitative estimate of drug-likeness (QED) is 0.515. The third-order valence-electron chi connectivity index (χ3n) is 6.76. The zero-order chi connectivity index (χ0) is 20.1. The zero-order valence-corrected chi connectivity index (χ0v) is 17.9. The highest BCUT2D eigenvalue weighted by molar-refractivity contribution is 14.1. The van der Waals surface area contributed by atoms with Crippen molar-refractivity contribution < 1.29 is 14.4 Å². The van der Waals surface area contributed by atoms with Gasteiger partial charge in [-0.25, -0.2) is 0 Å². The molecule has 1 aliphatic heterocycles. The van der Waals surface area contributed by atoms with Gasteiger partial charge in [0.2, 0.25) is 17.7 Å². The van der Waals surface area contributed by atoms with Gasteiger partial charge in [-0.3, -0.25) is 19.3 Å². The number of likely N-dealkylation sites (tertiary alicyclic amines) is 1. The van der Waals surface area contributed by atoms with Crippen LogP contribution in [0, 0.1) is 27.2 Å². The van der Waals surface area contributed by atoms with Crippen LogP contribution in [0.1, 0.15) is 24.3 Å². The van der Waals surface area contributed by atoms with E-state index < -0.39 is 0 Å². The first-order chi connectivity index (χ1) is 14.0. The lowest BCUT2D eigenvalue weighted by atomic mass is 9.73. The van der Waals surface area contributed by atoms with Crippen LogP contribution in [-0.4, -0.2) is 29.2 Å². The van der Waals surface area contributed by atoms with E-state index in [9.17, 15) is 14.4 Å². The lowest BCUT2D eigenvalue weighted by Gasteiger charge is -2.28. The van der Waals surface area contributed by atoms with Gasteiger partial charge in [-0.2, -0.15) is 0 Å². The number of nitrogens with zero attached hydrogens (tertiary/aromatic N) is 1. The van der Waals surface area contributed by atoms with Crippen molar-refractivity contribution in [3.63, 3.8) is 0 Å². The average molecular weight is 500 g/mol. The molecule has 3 fully saturated rings. The summed E-state index contributed by atoms with van der Waals surface area (Å²) in [5, 5.41) is 2.79. The number of carbonyl (C=O) groups is 3. The molecule has 2 saturated carbocycles. The Morgan fingerprint density at radius 2 is 1.66 bits per heavy atom. The lowest BCUT2D eigenvalue weighted by Crippen LogP contribution is -2.39. The van der Waals surface area contributed by atoms with Gasteiger partial charge < -0.3 is 5.32 Å². The third kappa shape index (κ3) is 3.17. The zero-order valence-electron chi connectivity index (χ0n) is 15.8. The van der Waals surface area contributed by atoms with Crippen LogP contribution in [0.2, 0.25) is 0 Å². The van der Waals surface area contributed by atoms with Gasteiger partial charge in [-0.15, -0.1) is 0 Å². The monoisotopic (exact) mass is 500 g/mol. The summed E-state index contributed by atoms with van der Waals surface area (Å²) in [4.78, 5) is 39.8. The maximum atomic E-state index is 13.1. The van der Waals surface area contributed by atoms with Crippen LogP contribution in [0.15, 0.2) is 54.6 Å². The summed E-state index contributed by atoms with van der Waals surface area (Å²) in [7, 11) is 0. The van der Waals surface area contributed by atoms with E-state index in [1.807, 2.05) is 42.5 Å². The Hall–Kier alpha value is -2.22. The van der Waals surface area contributed by atoms with Crippen LogP contribution in [0.5, 0.6) is 0 Å². The van der Waals surface area contributed by atoms with Crippen LogP contribution < -0.4 is 5.32 Å². The topological polar surface area (TPSA) is 66.5 Å². The molecule has 29 heavy (non-hydrogen) atoms. The molecule has 5 nitrogen and oxygen atoms in total. The molecule has 2 aliphatic carbocycles. The summed E-state index contributed by atoms with van der Waals surface area (Å²) >= 11 is 2.20. The van der Waals surface area contributed by atoms with E-state index in [0.29, 0.717) is 11.6 Å². The van der Waals surface area contributed by atoms with Gasteiger partial charge in [0.25, 0.3) is 0 Å². The second kappa shape index (κ2) is 7.23. The number of anilines is 1. The molecule has 5 atom stereocenters. The first-order valence-corrected chi connectivity index (χ1v) is 11.1. The predicted octanol–water partition coefficient (Wildman–Crippen LogP) is 3.65. The standard InChI is InChI=1S/C23H21IN2O3/c24-15-6-8-16(9-7-15)25-19(27)12-26-22(28)20-14-10-17(13-4-2-1-3-5-13)18(11-14)21(20)23(26)29/h1-9,14,17-18,20-21H,10-12H2,(H,25,27)/t14-,17+,18+,20+,21-/m0/s1. The molecular formula is C23H21IN2O3. The number of imide groups is 1. The molecule has 1 heterocycles. The molecule has 148 valence electrons. The summed E-state index contributed by atoms with van der Waals surface area (Å²) in [6, 6.07) is 17.7. The van der Waals surface area contributed by atoms with Crippen molar-refractivity contribution in [2.45, 2.75) is 18.8 Å². The van der Waals surface area contributed by atoms with E-state index in [1.165, 1.54) is 10.5 Å². The van der Waals surface area contributed by atoms with E-state index in [4.69, 9.17) is 0 Å². The molecule has 0 spiro atoms. The third-order valence-corrected chi connectivity index (χ3v) is 7.48. The van der Waals surface area contributed by atoms with Gasteiger partial charge >= 0.3 is 0 Å². The summed E-state index contributed by atoms with van der Waals surface area (Å²) in [6.45, 7) is -0.202. The van der Waals surface area contributed by atoms with Crippen molar-refractivity contribution in [3.8, 4) is 0 Å². The molecule has 3 aliphatic rings. The van der Waals surface area contributed by atoms with Gasteiger partial charge in [0, 0.05) is 9.26 Å². The van der Waals surface area contributed by atoms with Crippen LogP contribution in [-0.2, 0) is 14.4 Å². The second-order valence-corrected chi connectivity index (χ2v) is 9.53. The fourth-order valence-electron chi connectivity index (χ4n) is 5.64. The van der Waals surface area contributed by atoms with Crippen LogP contribution in [0.25, 0.3) is 0 Å². The highest BCUT2D eigenvalue weighted by Crippen LogP contribution is 2.61. The molecule has 2 bridgehead atoms. The van der Waals surface area contributed by atoms with Gasteiger partial charge in [0.05, 0.1) is 11.8 Å². The number of carbonyl (C=O) groups excluding carboxylic acids is 3. The Labute approximate surface area is 183 Å². The fraction of sp³-hybridized carbons (Fsp3) is 0.348. The largest absolute Gasteiger partial charge is 0.325 e. The lowest BCUT2D eigenvalue weighted by molar-refractivity contribution is -0.143. The second-order valence-electron chi connectivity index (χ2n) is 8.28. The number of hydrogen-bond acceptors (Lipinski definition) is 3. The van der Waals surface area contributed by atoms with E-state index in [2.05, 4.69) is 40.0 Å². The molecule has 3 amide bonds. The maximum absolute atomic E-state index is 13.1. The van der Waals surface area contributed by atoms with Crippen molar-refractivity contribution in [3.05, 3.63) is 63.7 Å². The maximum Gasteiger partial charge on any atom is 0.244 e. The number of fused-ring (bicyclic) bond motifs is 5. The minimum Gasteiger partial charge on any atom is -0.325 e. The number of halogens is 1. The number of nitrogens with one attached hydrogen (secondary N) is 1. The Balaban J connectivity index is 1.31. The molecule has 0 radical (unpaired) electrons.